The van der Waals surface area contributed by atoms with Gasteiger partial charge in [-0.3, -0.25) is 0 Å². The van der Waals surface area contributed by atoms with Crippen LogP contribution in [0.2, 0.25) is 0 Å². The highest BCUT2D eigenvalue weighted by Gasteiger charge is 2.47. The Hall–Kier alpha value is -9.97. The number of fused-ring (bicyclic) bond motifs is 5. The summed E-state index contributed by atoms with van der Waals surface area (Å²) in [4.78, 5) is 17.7. The normalized spacial score (nSPS) is 13.3. The van der Waals surface area contributed by atoms with Crippen LogP contribution >= 0.6 is 0 Å². The molecule has 0 N–H and O–H groups in total. The molecule has 1 aromatic heterocycles. The van der Waals surface area contributed by atoms with E-state index >= 15 is 0 Å². The van der Waals surface area contributed by atoms with Gasteiger partial charge in [-0.1, -0.05) is 257 Å². The largest absolute Gasteiger partial charge is 0.455 e. The Kier molecular flexibility index (Phi) is 11.3. The Morgan fingerprint density at radius 2 is 0.705 bits per heavy atom. The van der Waals surface area contributed by atoms with Crippen molar-refractivity contribution >= 4 is 17.1 Å². The van der Waals surface area contributed by atoms with Gasteiger partial charge in [0, 0.05) is 50.2 Å². The second kappa shape index (κ2) is 19.0. The molecule has 0 bridgehead atoms. The molecule has 2 heterocycles. The molecule has 0 radical (unpaired) electrons. The predicted octanol–water partition coefficient (Wildman–Crippen LogP) is 18.5. The van der Waals surface area contributed by atoms with Gasteiger partial charge in [0.25, 0.3) is 0 Å². The molecule has 370 valence electrons. The van der Waals surface area contributed by atoms with Crippen molar-refractivity contribution < 1.29 is 4.74 Å². The fourth-order valence-electron chi connectivity index (χ4n) is 12.2. The Morgan fingerprint density at radius 1 is 0.308 bits per heavy atom. The van der Waals surface area contributed by atoms with Gasteiger partial charge in [0.15, 0.2) is 17.5 Å². The van der Waals surface area contributed by atoms with E-state index in [9.17, 15) is 0 Å². The molecule has 11 aromatic carbocycles. The van der Waals surface area contributed by atoms with Gasteiger partial charge >= 0.3 is 0 Å². The first-order valence-electron chi connectivity index (χ1n) is 26.7. The van der Waals surface area contributed by atoms with E-state index in [2.05, 4.69) is 237 Å². The van der Waals surface area contributed by atoms with Crippen LogP contribution in [0, 0.1) is 0 Å². The summed E-state index contributed by atoms with van der Waals surface area (Å²) in [5.41, 5.74) is 18.8. The zero-order valence-electron chi connectivity index (χ0n) is 43.3. The van der Waals surface area contributed by atoms with Gasteiger partial charge in [-0.05, 0) is 80.9 Å². The molecule has 0 unspecified atom stereocenters. The smallest absolute Gasteiger partial charge is 0.167 e. The molecular weight excluding hydrogens is 949 g/mol. The van der Waals surface area contributed by atoms with Crippen LogP contribution in [-0.4, -0.2) is 15.0 Å². The van der Waals surface area contributed by atoms with Gasteiger partial charge in [0.2, 0.25) is 0 Å². The standard InChI is InChI=1S/C73H52N4O/c1-72(2)63-38-20-34-58(67(63)78-68-60(35-21-39-64(68)72)71-75-69(52-25-10-4-11-26-52)74-70(76-71)53-27-12-5-13-28-53)51-43-47-57(48-44-51)77(56-45-41-50(42-46-56)49-23-8-3-9-24-49)65-40-22-37-62-66(65)59-33-18-19-36-61(59)73(62,54-29-14-6-15-30-54)55-31-16-7-17-32-55/h3-48H,1-2H3. The van der Waals surface area contributed by atoms with Crippen molar-refractivity contribution in [1.82, 2.24) is 15.0 Å². The van der Waals surface area contributed by atoms with E-state index < -0.39 is 10.8 Å². The highest BCUT2D eigenvalue weighted by Crippen LogP contribution is 2.60. The number of para-hydroxylation sites is 2. The minimum atomic E-state index is -0.548. The molecule has 1 aliphatic heterocycles. The van der Waals surface area contributed by atoms with Gasteiger partial charge in [-0.2, -0.15) is 0 Å². The van der Waals surface area contributed by atoms with Gasteiger partial charge < -0.3 is 9.64 Å². The van der Waals surface area contributed by atoms with Crippen molar-refractivity contribution in [3.8, 4) is 79.0 Å². The lowest BCUT2D eigenvalue weighted by molar-refractivity contribution is 0.421. The monoisotopic (exact) mass is 1000 g/mol. The Balaban J connectivity index is 0.909. The molecule has 5 nitrogen and oxygen atoms in total. The average Bonchev–Trinajstić information content (AvgIpc) is 3.88. The first-order chi connectivity index (χ1) is 38.4. The molecule has 0 saturated heterocycles. The number of aromatic nitrogens is 3. The van der Waals surface area contributed by atoms with Crippen LogP contribution in [0.5, 0.6) is 11.5 Å². The summed E-state index contributed by atoms with van der Waals surface area (Å²) >= 11 is 0. The maximum absolute atomic E-state index is 7.30. The molecule has 5 heteroatoms. The summed E-state index contributed by atoms with van der Waals surface area (Å²) < 4.78 is 7.30. The second-order valence-electron chi connectivity index (χ2n) is 20.7. The maximum Gasteiger partial charge on any atom is 0.167 e. The van der Waals surface area contributed by atoms with Crippen molar-refractivity contribution in [3.63, 3.8) is 0 Å². The molecule has 2 aliphatic rings. The molecule has 12 aromatic rings. The van der Waals surface area contributed by atoms with E-state index in [1.807, 2.05) is 60.7 Å². The van der Waals surface area contributed by atoms with Crippen molar-refractivity contribution in [2.75, 3.05) is 4.90 Å². The van der Waals surface area contributed by atoms with Crippen molar-refractivity contribution in [1.29, 1.82) is 0 Å². The Morgan fingerprint density at radius 3 is 1.27 bits per heavy atom. The zero-order chi connectivity index (χ0) is 52.2. The molecule has 0 spiro atoms. The second-order valence-corrected chi connectivity index (χ2v) is 20.7. The summed E-state index contributed by atoms with van der Waals surface area (Å²) in [5, 5.41) is 0. The molecule has 0 atom stereocenters. The summed E-state index contributed by atoms with van der Waals surface area (Å²) in [7, 11) is 0. The molecule has 0 saturated carbocycles. The number of hydrogen-bond acceptors (Lipinski definition) is 5. The van der Waals surface area contributed by atoms with Crippen molar-refractivity contribution in [2.45, 2.75) is 24.7 Å². The molecule has 0 amide bonds. The molecule has 0 fully saturated rings. The van der Waals surface area contributed by atoms with Crippen molar-refractivity contribution in [2.24, 2.45) is 0 Å². The van der Waals surface area contributed by atoms with Crippen LogP contribution in [0.15, 0.2) is 279 Å². The molecule has 1 aliphatic carbocycles. The number of benzene rings is 11. The van der Waals surface area contributed by atoms with Crippen LogP contribution in [-0.2, 0) is 10.8 Å². The number of anilines is 3. The van der Waals surface area contributed by atoms with E-state index in [-0.39, 0.29) is 0 Å². The van der Waals surface area contributed by atoms with Gasteiger partial charge in [0.05, 0.1) is 16.7 Å². The minimum absolute atomic E-state index is 0.423. The summed E-state index contributed by atoms with van der Waals surface area (Å²) in [5.74, 6) is 3.32. The third-order valence-corrected chi connectivity index (χ3v) is 15.9. The topological polar surface area (TPSA) is 51.1 Å². The molecule has 14 rings (SSSR count). The summed E-state index contributed by atoms with van der Waals surface area (Å²) in [6, 6.07) is 99.6. The van der Waals surface area contributed by atoms with E-state index in [0.29, 0.717) is 17.5 Å². The average molecular weight is 1000 g/mol. The molecular formula is C73H52N4O. The van der Waals surface area contributed by atoms with Gasteiger partial charge in [-0.25, -0.2) is 15.0 Å². The minimum Gasteiger partial charge on any atom is -0.455 e. The SMILES string of the molecule is CC1(C)c2cccc(-c3ccc(N(c4ccc(-c5ccccc5)cc4)c4cccc5c4-c4ccccc4C5(c4ccccc4)c4ccccc4)cc3)c2Oc2c(-c3nc(-c4ccccc4)nc(-c4ccccc4)n3)cccc21. The number of ether oxygens (including phenoxy) is 1. The van der Waals surface area contributed by atoms with E-state index in [1.165, 1.54) is 38.9 Å². The van der Waals surface area contributed by atoms with E-state index in [4.69, 9.17) is 19.7 Å². The predicted molar refractivity (Wildman–Crippen MR) is 318 cm³/mol. The Labute approximate surface area is 455 Å². The quantitative estimate of drug-likeness (QED) is 0.137. The lowest BCUT2D eigenvalue weighted by Gasteiger charge is -2.36. The summed E-state index contributed by atoms with van der Waals surface area (Å²) in [6.07, 6.45) is 0. The third kappa shape index (κ3) is 7.65. The van der Waals surface area contributed by atoms with Crippen LogP contribution in [0.1, 0.15) is 47.2 Å². The van der Waals surface area contributed by atoms with Crippen LogP contribution in [0.3, 0.4) is 0 Å². The zero-order valence-corrected chi connectivity index (χ0v) is 43.3. The van der Waals surface area contributed by atoms with Gasteiger partial charge in [-0.15, -0.1) is 0 Å². The van der Waals surface area contributed by atoms with Crippen LogP contribution in [0.25, 0.3) is 67.5 Å². The number of hydrogen-bond donors (Lipinski definition) is 0. The lowest BCUT2D eigenvalue weighted by Crippen LogP contribution is -2.28. The number of nitrogens with zero attached hydrogens (tertiary/aromatic N) is 4. The first kappa shape index (κ1) is 46.6. The maximum atomic E-state index is 7.30. The summed E-state index contributed by atoms with van der Waals surface area (Å²) in [6.45, 7) is 4.56. The van der Waals surface area contributed by atoms with Crippen LogP contribution in [0.4, 0.5) is 17.1 Å². The van der Waals surface area contributed by atoms with Gasteiger partial charge in [0.1, 0.15) is 11.5 Å². The van der Waals surface area contributed by atoms with Crippen molar-refractivity contribution in [3.05, 3.63) is 312 Å². The van der Waals surface area contributed by atoms with Crippen LogP contribution < -0.4 is 9.64 Å². The first-order valence-corrected chi connectivity index (χ1v) is 26.7. The fraction of sp³-hybridized carbons (Fsp3) is 0.0548. The lowest BCUT2D eigenvalue weighted by atomic mass is 9.68. The van der Waals surface area contributed by atoms with E-state index in [1.54, 1.807) is 0 Å². The van der Waals surface area contributed by atoms with E-state index in [0.717, 1.165) is 73.1 Å². The third-order valence-electron chi connectivity index (χ3n) is 15.9. The molecule has 78 heavy (non-hydrogen) atoms. The fourth-order valence-corrected chi connectivity index (χ4v) is 12.2. The number of rotatable bonds is 10. The highest BCUT2D eigenvalue weighted by atomic mass is 16.5. The highest BCUT2D eigenvalue weighted by molar-refractivity contribution is 5.98. The Bertz CT molecular complexity index is 4070.